The zero-order valence-electron chi connectivity index (χ0n) is 10.4. The van der Waals surface area contributed by atoms with Gasteiger partial charge in [-0.15, -0.1) is 0 Å². The van der Waals surface area contributed by atoms with Crippen LogP contribution in [0.3, 0.4) is 0 Å². The Morgan fingerprint density at radius 1 is 1.44 bits per heavy atom. The first kappa shape index (κ1) is 11.3. The summed E-state index contributed by atoms with van der Waals surface area (Å²) in [5.41, 5.74) is 0.926. The van der Waals surface area contributed by atoms with Crippen molar-refractivity contribution in [3.8, 4) is 5.75 Å². The predicted molar refractivity (Wildman–Crippen MR) is 65.8 cm³/mol. The number of methoxy groups -OCH3 is 1. The Morgan fingerprint density at radius 2 is 2.22 bits per heavy atom. The van der Waals surface area contributed by atoms with Gasteiger partial charge < -0.3 is 10.1 Å². The second-order valence-corrected chi connectivity index (χ2v) is 4.94. The Kier molecular flexibility index (Phi) is 2.24. The van der Waals surface area contributed by atoms with E-state index in [1.165, 1.54) is 0 Å². The highest BCUT2D eigenvalue weighted by molar-refractivity contribution is 6.11. The minimum absolute atomic E-state index is 0.0163. The van der Waals surface area contributed by atoms with Crippen LogP contribution in [0.4, 0.5) is 0 Å². The molecule has 1 aromatic rings. The molecule has 1 N–H and O–H groups in total. The van der Waals surface area contributed by atoms with Crippen molar-refractivity contribution in [2.45, 2.75) is 31.2 Å². The quantitative estimate of drug-likeness (QED) is 0.857. The molecule has 2 bridgehead atoms. The van der Waals surface area contributed by atoms with Crippen molar-refractivity contribution in [3.63, 3.8) is 0 Å². The van der Waals surface area contributed by atoms with Crippen molar-refractivity contribution < 1.29 is 14.3 Å². The topological polar surface area (TPSA) is 55.4 Å². The average molecular weight is 245 g/mol. The number of benzene rings is 1. The number of ketones is 1. The molecule has 4 heteroatoms. The van der Waals surface area contributed by atoms with E-state index in [2.05, 4.69) is 5.32 Å². The standard InChI is InChI=1S/C14H15NO3/c1-3-14-7-11(15-13(14)17)12(16)9-5-4-8(18-2)6-10(9)14/h4-6,11H,3,7H2,1-2H3,(H,15,17). The summed E-state index contributed by atoms with van der Waals surface area (Å²) >= 11 is 0. The van der Waals surface area contributed by atoms with Crippen molar-refractivity contribution in [1.82, 2.24) is 5.32 Å². The Morgan fingerprint density at radius 3 is 2.89 bits per heavy atom. The van der Waals surface area contributed by atoms with Crippen LogP contribution in [-0.4, -0.2) is 24.8 Å². The lowest BCUT2D eigenvalue weighted by atomic mass is 9.69. The number of ether oxygens (including phenoxy) is 1. The van der Waals surface area contributed by atoms with Gasteiger partial charge in [0.1, 0.15) is 5.75 Å². The summed E-state index contributed by atoms with van der Waals surface area (Å²) < 4.78 is 5.20. The van der Waals surface area contributed by atoms with Gasteiger partial charge in [0.15, 0.2) is 5.78 Å². The maximum atomic E-state index is 12.2. The number of carbonyl (C=O) groups is 2. The lowest BCUT2D eigenvalue weighted by Crippen LogP contribution is -2.36. The SMILES string of the molecule is CCC12CC(NC1=O)C(=O)c1ccc(OC)cc12. The third-order valence-electron chi connectivity index (χ3n) is 4.22. The number of Topliss-reactive ketones (excluding diaryl/α,β-unsaturated/α-hetero) is 1. The molecule has 1 heterocycles. The fraction of sp³-hybridized carbons (Fsp3) is 0.429. The van der Waals surface area contributed by atoms with Gasteiger partial charge in [-0.05, 0) is 36.6 Å². The van der Waals surface area contributed by atoms with Crippen LogP contribution in [0.25, 0.3) is 0 Å². The first-order valence-corrected chi connectivity index (χ1v) is 6.16. The zero-order chi connectivity index (χ0) is 12.9. The van der Waals surface area contributed by atoms with Crippen molar-refractivity contribution in [2.75, 3.05) is 7.11 Å². The molecule has 0 aromatic heterocycles. The van der Waals surface area contributed by atoms with E-state index >= 15 is 0 Å². The van der Waals surface area contributed by atoms with E-state index in [1.54, 1.807) is 19.2 Å². The van der Waals surface area contributed by atoms with Crippen LogP contribution >= 0.6 is 0 Å². The van der Waals surface area contributed by atoms with Crippen LogP contribution in [0.1, 0.15) is 35.7 Å². The molecule has 0 saturated carbocycles. The Hall–Kier alpha value is -1.84. The number of carbonyl (C=O) groups excluding carboxylic acids is 2. The molecule has 18 heavy (non-hydrogen) atoms. The molecule has 2 unspecified atom stereocenters. The number of fused-ring (bicyclic) bond motifs is 4. The second kappa shape index (κ2) is 3.57. The summed E-state index contributed by atoms with van der Waals surface area (Å²) in [5, 5.41) is 2.81. The van der Waals surface area contributed by atoms with E-state index in [0.29, 0.717) is 24.2 Å². The fourth-order valence-corrected chi connectivity index (χ4v) is 3.12. The van der Waals surface area contributed by atoms with Crippen molar-refractivity contribution >= 4 is 11.7 Å². The fourth-order valence-electron chi connectivity index (χ4n) is 3.12. The molecule has 1 fully saturated rings. The minimum atomic E-state index is -0.553. The van der Waals surface area contributed by atoms with E-state index in [9.17, 15) is 9.59 Å². The number of nitrogens with one attached hydrogen (secondary N) is 1. The highest BCUT2D eigenvalue weighted by Crippen LogP contribution is 2.45. The number of hydrogen-bond donors (Lipinski definition) is 1. The van der Waals surface area contributed by atoms with Crippen LogP contribution in [0.2, 0.25) is 0 Å². The maximum absolute atomic E-state index is 12.2. The third-order valence-corrected chi connectivity index (χ3v) is 4.22. The Labute approximate surface area is 105 Å². The maximum Gasteiger partial charge on any atom is 0.231 e. The summed E-state index contributed by atoms with van der Waals surface area (Å²) in [6.45, 7) is 1.99. The predicted octanol–water partition coefficient (Wildman–Crippen LogP) is 1.43. The smallest absolute Gasteiger partial charge is 0.231 e. The molecule has 1 aliphatic heterocycles. The molecule has 1 aliphatic carbocycles. The van der Waals surface area contributed by atoms with E-state index in [4.69, 9.17) is 4.74 Å². The summed E-state index contributed by atoms with van der Waals surface area (Å²) in [6.07, 6.45) is 1.27. The van der Waals surface area contributed by atoms with Crippen molar-refractivity contribution in [1.29, 1.82) is 0 Å². The van der Waals surface area contributed by atoms with Gasteiger partial charge in [0.2, 0.25) is 5.91 Å². The molecular weight excluding hydrogens is 230 g/mol. The van der Waals surface area contributed by atoms with Gasteiger partial charge >= 0.3 is 0 Å². The molecule has 0 radical (unpaired) electrons. The molecular formula is C14H15NO3. The molecule has 3 rings (SSSR count). The van der Waals surface area contributed by atoms with Gasteiger partial charge in [-0.2, -0.15) is 0 Å². The van der Waals surface area contributed by atoms with Crippen LogP contribution in [0.15, 0.2) is 18.2 Å². The van der Waals surface area contributed by atoms with Crippen molar-refractivity contribution in [3.05, 3.63) is 29.3 Å². The first-order chi connectivity index (χ1) is 8.62. The van der Waals surface area contributed by atoms with E-state index in [0.717, 1.165) is 5.56 Å². The first-order valence-electron chi connectivity index (χ1n) is 6.16. The zero-order valence-corrected chi connectivity index (χ0v) is 10.4. The van der Waals surface area contributed by atoms with Gasteiger partial charge in [0, 0.05) is 5.56 Å². The molecule has 1 saturated heterocycles. The lowest BCUT2D eigenvalue weighted by molar-refractivity contribution is -0.124. The van der Waals surface area contributed by atoms with Gasteiger partial charge in [-0.3, -0.25) is 9.59 Å². The number of amides is 1. The largest absolute Gasteiger partial charge is 0.497 e. The molecule has 0 spiro atoms. The highest BCUT2D eigenvalue weighted by atomic mass is 16.5. The van der Waals surface area contributed by atoms with E-state index in [-0.39, 0.29) is 17.7 Å². The van der Waals surface area contributed by atoms with E-state index in [1.807, 2.05) is 13.0 Å². The summed E-state index contributed by atoms with van der Waals surface area (Å²) in [6, 6.07) is 5.03. The third kappa shape index (κ3) is 1.20. The highest BCUT2D eigenvalue weighted by Gasteiger charge is 2.54. The van der Waals surface area contributed by atoms with Crippen molar-refractivity contribution in [2.24, 2.45) is 0 Å². The summed E-state index contributed by atoms with van der Waals surface area (Å²) in [7, 11) is 1.59. The lowest BCUT2D eigenvalue weighted by Gasteiger charge is -2.30. The summed E-state index contributed by atoms with van der Waals surface area (Å²) in [5.74, 6) is 0.672. The van der Waals surface area contributed by atoms with Gasteiger partial charge in [0.25, 0.3) is 0 Å². The minimum Gasteiger partial charge on any atom is -0.497 e. The Balaban J connectivity index is 2.27. The van der Waals surface area contributed by atoms with Gasteiger partial charge in [0.05, 0.1) is 18.6 Å². The molecule has 1 amide bonds. The number of hydrogen-bond acceptors (Lipinski definition) is 3. The van der Waals surface area contributed by atoms with Crippen LogP contribution in [0, 0.1) is 0 Å². The second-order valence-electron chi connectivity index (χ2n) is 4.94. The molecule has 4 nitrogen and oxygen atoms in total. The van der Waals surface area contributed by atoms with Crippen LogP contribution in [0.5, 0.6) is 5.75 Å². The number of rotatable bonds is 2. The average Bonchev–Trinajstić information content (AvgIpc) is 2.71. The molecule has 2 aliphatic rings. The molecule has 2 atom stereocenters. The van der Waals surface area contributed by atoms with Gasteiger partial charge in [-0.25, -0.2) is 0 Å². The van der Waals surface area contributed by atoms with Crippen LogP contribution in [-0.2, 0) is 10.2 Å². The van der Waals surface area contributed by atoms with E-state index < -0.39 is 5.41 Å². The monoisotopic (exact) mass is 245 g/mol. The van der Waals surface area contributed by atoms with Gasteiger partial charge in [-0.1, -0.05) is 6.92 Å². The Bertz CT molecular complexity index is 552. The molecule has 94 valence electrons. The van der Waals surface area contributed by atoms with Crippen LogP contribution < -0.4 is 10.1 Å². The normalized spacial score (nSPS) is 28.9. The molecule has 1 aromatic carbocycles. The summed E-state index contributed by atoms with van der Waals surface area (Å²) in [4.78, 5) is 24.4.